The van der Waals surface area contributed by atoms with Gasteiger partial charge in [-0.3, -0.25) is 0 Å². The van der Waals surface area contributed by atoms with Gasteiger partial charge in [-0.15, -0.1) is 0 Å². The molecular formula is C9H20N4O3S. The number of oxime groups is 1. The Morgan fingerprint density at radius 3 is 2.94 bits per heavy atom. The fourth-order valence-corrected chi connectivity index (χ4v) is 3.18. The van der Waals surface area contributed by atoms with Gasteiger partial charge in [-0.25, -0.2) is 4.72 Å². The second-order valence-electron chi connectivity index (χ2n) is 4.35. The Hall–Kier alpha value is -0.860. The maximum absolute atomic E-state index is 11.9. The van der Waals surface area contributed by atoms with Gasteiger partial charge >= 0.3 is 0 Å². The Balaban J connectivity index is 2.45. The second kappa shape index (κ2) is 6.18. The molecule has 0 aromatic heterocycles. The maximum Gasteiger partial charge on any atom is 0.279 e. The van der Waals surface area contributed by atoms with Gasteiger partial charge in [-0.1, -0.05) is 12.1 Å². The highest BCUT2D eigenvalue weighted by molar-refractivity contribution is 7.87. The van der Waals surface area contributed by atoms with E-state index < -0.39 is 10.2 Å². The van der Waals surface area contributed by atoms with E-state index in [4.69, 9.17) is 10.9 Å². The van der Waals surface area contributed by atoms with Gasteiger partial charge in [0.05, 0.1) is 0 Å². The Morgan fingerprint density at radius 1 is 1.65 bits per heavy atom. The van der Waals surface area contributed by atoms with Crippen LogP contribution in [0.25, 0.3) is 0 Å². The molecule has 0 bridgehead atoms. The lowest BCUT2D eigenvalue weighted by molar-refractivity contribution is 0.278. The minimum Gasteiger partial charge on any atom is -0.409 e. The summed E-state index contributed by atoms with van der Waals surface area (Å²) < 4.78 is 27.6. The highest BCUT2D eigenvalue weighted by Gasteiger charge is 2.26. The molecule has 1 heterocycles. The molecule has 0 aromatic carbocycles. The average Bonchev–Trinajstić information content (AvgIpc) is 2.28. The van der Waals surface area contributed by atoms with Crippen LogP contribution >= 0.6 is 0 Å². The monoisotopic (exact) mass is 264 g/mol. The quantitative estimate of drug-likeness (QED) is 0.274. The standard InChI is InChI=1S/C9H20N4O3S/c1-8-3-2-6-13(7-8)17(15,16)11-5-4-9(10)12-14/h8,11,14H,2-7H2,1H3,(H2,10,12). The molecule has 100 valence electrons. The van der Waals surface area contributed by atoms with Crippen LogP contribution in [0.4, 0.5) is 0 Å². The third kappa shape index (κ3) is 4.49. The molecule has 1 saturated heterocycles. The zero-order valence-corrected chi connectivity index (χ0v) is 10.8. The Morgan fingerprint density at radius 2 is 2.35 bits per heavy atom. The molecule has 8 heteroatoms. The van der Waals surface area contributed by atoms with Gasteiger partial charge < -0.3 is 10.9 Å². The summed E-state index contributed by atoms with van der Waals surface area (Å²) in [5, 5.41) is 11.1. The largest absolute Gasteiger partial charge is 0.409 e. The number of hydrogen-bond donors (Lipinski definition) is 3. The van der Waals surface area contributed by atoms with Crippen molar-refractivity contribution in [1.29, 1.82) is 0 Å². The van der Waals surface area contributed by atoms with Crippen molar-refractivity contribution in [3.63, 3.8) is 0 Å². The molecule has 0 amide bonds. The lowest BCUT2D eigenvalue weighted by atomic mass is 10.0. The third-order valence-corrected chi connectivity index (χ3v) is 4.33. The van der Waals surface area contributed by atoms with Crippen LogP contribution in [0.3, 0.4) is 0 Å². The van der Waals surface area contributed by atoms with E-state index in [9.17, 15) is 8.42 Å². The van der Waals surface area contributed by atoms with E-state index in [2.05, 4.69) is 9.88 Å². The molecule has 1 unspecified atom stereocenters. The summed E-state index contributed by atoms with van der Waals surface area (Å²) in [5.74, 6) is 0.407. The van der Waals surface area contributed by atoms with Crippen molar-refractivity contribution in [2.75, 3.05) is 19.6 Å². The lowest BCUT2D eigenvalue weighted by Gasteiger charge is -2.29. The van der Waals surface area contributed by atoms with Crippen LogP contribution in [0.2, 0.25) is 0 Å². The first-order chi connectivity index (χ1) is 7.95. The first-order valence-corrected chi connectivity index (χ1v) is 7.11. The molecule has 7 nitrogen and oxygen atoms in total. The van der Waals surface area contributed by atoms with E-state index in [1.807, 2.05) is 6.92 Å². The predicted octanol–water partition coefficient (Wildman–Crippen LogP) is -0.311. The number of hydrogen-bond acceptors (Lipinski definition) is 4. The predicted molar refractivity (Wildman–Crippen MR) is 64.9 cm³/mol. The van der Waals surface area contributed by atoms with Crippen LogP contribution in [0.15, 0.2) is 5.16 Å². The summed E-state index contributed by atoms with van der Waals surface area (Å²) in [6, 6.07) is 0. The van der Waals surface area contributed by atoms with E-state index >= 15 is 0 Å². The SMILES string of the molecule is CC1CCCN(S(=O)(=O)NCCC(N)=NO)C1. The topological polar surface area (TPSA) is 108 Å². The fourth-order valence-electron chi connectivity index (χ4n) is 1.81. The highest BCUT2D eigenvalue weighted by atomic mass is 32.2. The summed E-state index contributed by atoms with van der Waals surface area (Å²) in [5.41, 5.74) is 5.25. The average molecular weight is 264 g/mol. The van der Waals surface area contributed by atoms with E-state index in [0.29, 0.717) is 19.0 Å². The molecule has 4 N–H and O–H groups in total. The molecule has 0 aromatic rings. The molecular weight excluding hydrogens is 244 g/mol. The zero-order valence-electron chi connectivity index (χ0n) is 9.96. The number of nitrogens with two attached hydrogens (primary N) is 1. The van der Waals surface area contributed by atoms with Crippen molar-refractivity contribution < 1.29 is 13.6 Å². The number of rotatable bonds is 5. The van der Waals surface area contributed by atoms with Gasteiger partial charge in [0, 0.05) is 26.1 Å². The van der Waals surface area contributed by atoms with Gasteiger partial charge in [-0.2, -0.15) is 12.7 Å². The molecule has 0 radical (unpaired) electrons. The van der Waals surface area contributed by atoms with Crippen molar-refractivity contribution in [3.05, 3.63) is 0 Å². The van der Waals surface area contributed by atoms with Gasteiger partial charge in [-0.05, 0) is 18.8 Å². The molecule has 1 atom stereocenters. The van der Waals surface area contributed by atoms with Crippen LogP contribution in [-0.2, 0) is 10.2 Å². The van der Waals surface area contributed by atoms with Gasteiger partial charge in [0.15, 0.2) is 0 Å². The summed E-state index contributed by atoms with van der Waals surface area (Å²) in [7, 11) is -3.43. The molecule has 0 saturated carbocycles. The van der Waals surface area contributed by atoms with E-state index in [1.54, 1.807) is 0 Å². The van der Waals surface area contributed by atoms with Crippen LogP contribution in [0.1, 0.15) is 26.2 Å². The molecule has 1 fully saturated rings. The Labute approximate surface area is 102 Å². The van der Waals surface area contributed by atoms with Crippen molar-refractivity contribution in [3.8, 4) is 0 Å². The summed E-state index contributed by atoms with van der Waals surface area (Å²) in [4.78, 5) is 0. The van der Waals surface area contributed by atoms with Crippen molar-refractivity contribution >= 4 is 16.0 Å². The zero-order chi connectivity index (χ0) is 12.9. The van der Waals surface area contributed by atoms with Crippen LogP contribution in [0, 0.1) is 5.92 Å². The molecule has 1 rings (SSSR count). The number of nitrogens with one attached hydrogen (secondary N) is 1. The van der Waals surface area contributed by atoms with Crippen LogP contribution < -0.4 is 10.5 Å². The maximum atomic E-state index is 11.9. The van der Waals surface area contributed by atoms with Crippen molar-refractivity contribution in [1.82, 2.24) is 9.03 Å². The van der Waals surface area contributed by atoms with E-state index in [0.717, 1.165) is 12.8 Å². The first-order valence-electron chi connectivity index (χ1n) is 5.67. The summed E-state index contributed by atoms with van der Waals surface area (Å²) in [6.07, 6.45) is 2.15. The Kier molecular flexibility index (Phi) is 5.16. The molecule has 0 spiro atoms. The third-order valence-electron chi connectivity index (χ3n) is 2.75. The Bertz CT molecular complexity index is 368. The summed E-state index contributed by atoms with van der Waals surface area (Å²) in [6.45, 7) is 3.29. The number of piperidine rings is 1. The number of nitrogens with zero attached hydrogens (tertiary/aromatic N) is 2. The van der Waals surface area contributed by atoms with E-state index in [-0.39, 0.29) is 18.8 Å². The van der Waals surface area contributed by atoms with Crippen molar-refractivity contribution in [2.24, 2.45) is 16.8 Å². The first kappa shape index (κ1) is 14.2. The smallest absolute Gasteiger partial charge is 0.279 e. The second-order valence-corrected chi connectivity index (χ2v) is 6.10. The fraction of sp³-hybridized carbons (Fsp3) is 0.889. The minimum absolute atomic E-state index is 0.0136. The highest BCUT2D eigenvalue weighted by Crippen LogP contribution is 2.17. The lowest BCUT2D eigenvalue weighted by Crippen LogP contribution is -2.46. The van der Waals surface area contributed by atoms with Crippen LogP contribution in [0.5, 0.6) is 0 Å². The summed E-state index contributed by atoms with van der Waals surface area (Å²) >= 11 is 0. The molecule has 0 aliphatic carbocycles. The minimum atomic E-state index is -3.43. The van der Waals surface area contributed by atoms with Crippen LogP contribution in [-0.4, -0.2) is 43.4 Å². The van der Waals surface area contributed by atoms with Gasteiger partial charge in [0.25, 0.3) is 10.2 Å². The molecule has 1 aliphatic rings. The molecule has 17 heavy (non-hydrogen) atoms. The van der Waals surface area contributed by atoms with E-state index in [1.165, 1.54) is 4.31 Å². The van der Waals surface area contributed by atoms with Gasteiger partial charge in [0.2, 0.25) is 0 Å². The number of amidine groups is 1. The molecule has 1 aliphatic heterocycles. The van der Waals surface area contributed by atoms with Crippen molar-refractivity contribution in [2.45, 2.75) is 26.2 Å². The normalized spacial score (nSPS) is 23.8. The van der Waals surface area contributed by atoms with Gasteiger partial charge in [0.1, 0.15) is 5.84 Å².